The van der Waals surface area contributed by atoms with Crippen LogP contribution in [0.2, 0.25) is 0 Å². The minimum absolute atomic E-state index is 0.0877. The lowest BCUT2D eigenvalue weighted by atomic mass is 9.80. The molecule has 39 heavy (non-hydrogen) atoms. The number of H-pyrrole nitrogens is 1. The third-order valence-corrected chi connectivity index (χ3v) is 10.8. The molecule has 12 nitrogen and oxygen atoms in total. The van der Waals surface area contributed by atoms with Crippen molar-refractivity contribution in [1.29, 1.82) is 0 Å². The molecule has 1 unspecified atom stereocenters. The Hall–Kier alpha value is -2.64. The number of nitrogens with one attached hydrogen (secondary N) is 2. The summed E-state index contributed by atoms with van der Waals surface area (Å²) >= 11 is 0. The summed E-state index contributed by atoms with van der Waals surface area (Å²) in [5, 5.41) is 7.50. The number of anilines is 2. The van der Waals surface area contributed by atoms with Crippen LogP contribution in [0, 0.1) is 17.8 Å². The molecule has 1 saturated heterocycles. The average Bonchev–Trinajstić information content (AvgIpc) is 3.42. The molecule has 3 aliphatic rings. The molecule has 0 radical (unpaired) electrons. The van der Waals surface area contributed by atoms with E-state index in [0.29, 0.717) is 41.4 Å². The highest BCUT2D eigenvalue weighted by atomic mass is 32.3. The van der Waals surface area contributed by atoms with Crippen LogP contribution in [0.5, 0.6) is 0 Å². The molecule has 0 aromatic carbocycles. The molecule has 4 N–H and O–H groups in total. The van der Waals surface area contributed by atoms with Crippen molar-refractivity contribution in [3.8, 4) is 11.6 Å². The van der Waals surface area contributed by atoms with Crippen LogP contribution in [-0.2, 0) is 6.54 Å². The maximum Gasteiger partial charge on any atom is 0.439 e. The van der Waals surface area contributed by atoms with Gasteiger partial charge in [-0.2, -0.15) is 15.6 Å². The number of rotatable bonds is 7. The van der Waals surface area contributed by atoms with Crippen LogP contribution in [0.25, 0.3) is 22.8 Å². The van der Waals surface area contributed by atoms with Gasteiger partial charge in [0, 0.05) is 25.2 Å². The van der Waals surface area contributed by atoms with Crippen LogP contribution in [0.3, 0.4) is 0 Å². The van der Waals surface area contributed by atoms with Crippen molar-refractivity contribution in [2.45, 2.75) is 84.3 Å². The zero-order chi connectivity index (χ0) is 27.3. The van der Waals surface area contributed by atoms with Crippen molar-refractivity contribution in [3.63, 3.8) is 0 Å². The minimum Gasteiger partial charge on any atom is -0.365 e. The van der Waals surface area contributed by atoms with Gasteiger partial charge in [-0.3, -0.25) is 18.6 Å². The van der Waals surface area contributed by atoms with Gasteiger partial charge in [-0.1, -0.05) is 31.3 Å². The third kappa shape index (κ3) is 5.40. The molecule has 13 heteroatoms. The summed E-state index contributed by atoms with van der Waals surface area (Å²) in [7, 11) is -2.59. The first kappa shape index (κ1) is 26.6. The van der Waals surface area contributed by atoms with E-state index < -0.39 is 16.3 Å². The van der Waals surface area contributed by atoms with Gasteiger partial charge in [-0.25, -0.2) is 14.8 Å². The summed E-state index contributed by atoms with van der Waals surface area (Å²) < 4.78 is 27.8. The lowest BCUT2D eigenvalue weighted by molar-refractivity contribution is 0.266. The highest BCUT2D eigenvalue weighted by molar-refractivity contribution is 8.24. The van der Waals surface area contributed by atoms with E-state index in [-0.39, 0.29) is 23.7 Å². The Balaban J connectivity index is 1.47. The number of fused-ring (bicyclic) bond motifs is 1. The fraction of sp³-hybridized carbons (Fsp3) is 0.731. The lowest BCUT2D eigenvalue weighted by Gasteiger charge is -2.45. The van der Waals surface area contributed by atoms with Crippen molar-refractivity contribution in [1.82, 2.24) is 29.7 Å². The van der Waals surface area contributed by atoms with Gasteiger partial charge in [0.1, 0.15) is 5.52 Å². The maximum atomic E-state index is 11.7. The van der Waals surface area contributed by atoms with E-state index in [2.05, 4.69) is 38.8 Å². The molecule has 2 aliphatic carbocycles. The fourth-order valence-corrected chi connectivity index (χ4v) is 7.92. The average molecular weight is 561 g/mol. The lowest BCUT2D eigenvalue weighted by Crippen LogP contribution is -2.46. The standard InChI is InChI=1S/C26H40N8O4S/c1-15-7-9-18(10-8-15)13-34-20-21(27-17(3)19-5-4-6-19)28-23(24-31-26(35)38-32-24)29-22(20)30-25(34)33-11-12-39(36,37)14-16(33)2/h15-19,36-37H,4-14H2,1-3H3,(H,27,28,29)(H,31,32,35)/t15?,16?,17-,18?/m1/s1. The summed E-state index contributed by atoms with van der Waals surface area (Å²) in [5.74, 6) is 3.70. The van der Waals surface area contributed by atoms with Crippen LogP contribution >= 0.6 is 10.6 Å². The SMILES string of the molecule is CC1CCC(Cn2c(N3CCS(O)(O)CC3C)nc3nc(-c4noc(=O)[nH]4)nc(N[C@H](C)C4CCC4)c32)CC1. The minimum atomic E-state index is -2.59. The first-order valence-corrected chi connectivity index (χ1v) is 16.2. The number of imidazole rings is 1. The van der Waals surface area contributed by atoms with E-state index in [4.69, 9.17) is 19.5 Å². The van der Waals surface area contributed by atoms with Gasteiger partial charge in [0.2, 0.25) is 17.6 Å². The zero-order valence-corrected chi connectivity index (χ0v) is 23.8. The maximum absolute atomic E-state index is 11.7. The molecule has 6 rings (SSSR count). The third-order valence-electron chi connectivity index (χ3n) is 8.99. The zero-order valence-electron chi connectivity index (χ0n) is 23.0. The van der Waals surface area contributed by atoms with Gasteiger partial charge in [-0.15, -0.1) is 0 Å². The molecule has 4 heterocycles. The van der Waals surface area contributed by atoms with Crippen molar-refractivity contribution in [2.24, 2.45) is 17.8 Å². The summed E-state index contributed by atoms with van der Waals surface area (Å²) in [5.41, 5.74) is 1.37. The van der Waals surface area contributed by atoms with E-state index in [0.717, 1.165) is 36.8 Å². The van der Waals surface area contributed by atoms with E-state index in [1.165, 1.54) is 32.1 Å². The molecule has 2 saturated carbocycles. The highest BCUT2D eigenvalue weighted by Gasteiger charge is 2.34. The van der Waals surface area contributed by atoms with Crippen LogP contribution < -0.4 is 16.0 Å². The summed E-state index contributed by atoms with van der Waals surface area (Å²) in [6.45, 7) is 7.85. The Morgan fingerprint density at radius 1 is 1.13 bits per heavy atom. The molecule has 2 atom stereocenters. The normalized spacial score (nSPS) is 27.3. The van der Waals surface area contributed by atoms with Gasteiger partial charge >= 0.3 is 5.76 Å². The number of aromatic nitrogens is 6. The first-order chi connectivity index (χ1) is 18.7. The van der Waals surface area contributed by atoms with Crippen molar-refractivity contribution >= 4 is 33.5 Å². The molecule has 0 spiro atoms. The summed E-state index contributed by atoms with van der Waals surface area (Å²) in [6, 6.07) is 0.126. The molecular weight excluding hydrogens is 520 g/mol. The Bertz CT molecular complexity index is 1370. The number of nitrogens with zero attached hydrogens (tertiary/aromatic N) is 6. The molecule has 214 valence electrons. The Morgan fingerprint density at radius 2 is 1.90 bits per heavy atom. The van der Waals surface area contributed by atoms with Crippen LogP contribution in [0.1, 0.15) is 65.7 Å². The summed E-state index contributed by atoms with van der Waals surface area (Å²) in [4.78, 5) is 31.1. The predicted octanol–water partition coefficient (Wildman–Crippen LogP) is 4.56. The number of hydrogen-bond acceptors (Lipinski definition) is 10. The molecule has 3 aromatic heterocycles. The second-order valence-electron chi connectivity index (χ2n) is 12.0. The second kappa shape index (κ2) is 10.4. The Morgan fingerprint density at radius 3 is 2.54 bits per heavy atom. The van der Waals surface area contributed by atoms with E-state index in [1.54, 1.807) is 0 Å². The van der Waals surface area contributed by atoms with E-state index >= 15 is 0 Å². The molecule has 0 bridgehead atoms. The van der Waals surface area contributed by atoms with E-state index in [1.807, 2.05) is 6.92 Å². The fourth-order valence-electron chi connectivity index (χ4n) is 6.31. The predicted molar refractivity (Wildman–Crippen MR) is 152 cm³/mol. The second-order valence-corrected chi connectivity index (χ2v) is 14.3. The van der Waals surface area contributed by atoms with Gasteiger partial charge in [0.15, 0.2) is 11.5 Å². The summed E-state index contributed by atoms with van der Waals surface area (Å²) in [6.07, 6.45) is 8.39. The van der Waals surface area contributed by atoms with Gasteiger partial charge in [0.05, 0.1) is 11.5 Å². The molecule has 1 aliphatic heterocycles. The smallest absolute Gasteiger partial charge is 0.365 e. The highest BCUT2D eigenvalue weighted by Crippen LogP contribution is 2.44. The van der Waals surface area contributed by atoms with E-state index in [9.17, 15) is 13.9 Å². The van der Waals surface area contributed by atoms with Crippen molar-refractivity contribution in [3.05, 3.63) is 10.6 Å². The van der Waals surface area contributed by atoms with Gasteiger partial charge in [0.25, 0.3) is 0 Å². The largest absolute Gasteiger partial charge is 0.439 e. The molecular formula is C26H40N8O4S. The van der Waals surface area contributed by atoms with Gasteiger partial charge < -0.3 is 14.8 Å². The van der Waals surface area contributed by atoms with Crippen LogP contribution in [0.15, 0.2) is 9.32 Å². The van der Waals surface area contributed by atoms with Crippen molar-refractivity contribution < 1.29 is 13.6 Å². The Kier molecular flexibility index (Phi) is 7.09. The molecule has 3 aromatic rings. The monoisotopic (exact) mass is 560 g/mol. The Labute approximate surface area is 229 Å². The van der Waals surface area contributed by atoms with Crippen LogP contribution in [-0.4, -0.2) is 68.9 Å². The quantitative estimate of drug-likeness (QED) is 0.323. The number of aromatic amines is 1. The van der Waals surface area contributed by atoms with Gasteiger partial charge in [-0.05, 0) is 57.3 Å². The topological polar surface area (TPSA) is 158 Å². The van der Waals surface area contributed by atoms with Crippen molar-refractivity contribution in [2.75, 3.05) is 28.3 Å². The first-order valence-electron chi connectivity index (χ1n) is 14.3. The van der Waals surface area contributed by atoms with Crippen LogP contribution in [0.4, 0.5) is 11.8 Å². The molecule has 3 fully saturated rings. The number of hydrogen-bond donors (Lipinski definition) is 4. The molecule has 0 amide bonds.